The first-order valence-corrected chi connectivity index (χ1v) is 10.7. The van der Waals surface area contributed by atoms with E-state index < -0.39 is 0 Å². The standard InChI is InChI=1S/C24H27N5O3/c1-17-5-3-6-18(2)24(17)27-21(30)15-29-10-8-20(14-29)32-23-13-26-12-22(28-23)31-16-19-7-4-9-25-11-19/h3-7,9,11-13,20H,8,10,14-16H2,1-2H3,(H,27,30). The van der Waals surface area contributed by atoms with Crippen LogP contribution in [0.3, 0.4) is 0 Å². The Morgan fingerprint density at radius 2 is 1.91 bits per heavy atom. The van der Waals surface area contributed by atoms with Crippen LogP contribution in [-0.2, 0) is 11.4 Å². The average Bonchev–Trinajstić information content (AvgIpc) is 3.22. The van der Waals surface area contributed by atoms with Gasteiger partial charge in [0.1, 0.15) is 12.7 Å². The molecule has 8 nitrogen and oxygen atoms in total. The number of carbonyl (C=O) groups is 1. The summed E-state index contributed by atoms with van der Waals surface area (Å²) in [5, 5.41) is 3.04. The van der Waals surface area contributed by atoms with E-state index in [1.54, 1.807) is 24.8 Å². The SMILES string of the molecule is Cc1cccc(C)c1NC(=O)CN1CCC(Oc2cncc(OCc3cccnc3)n2)C1. The zero-order chi connectivity index (χ0) is 22.3. The lowest BCUT2D eigenvalue weighted by Crippen LogP contribution is -2.33. The van der Waals surface area contributed by atoms with Gasteiger partial charge in [0.25, 0.3) is 0 Å². The van der Waals surface area contributed by atoms with Crippen LogP contribution in [0, 0.1) is 13.8 Å². The predicted molar refractivity (Wildman–Crippen MR) is 121 cm³/mol. The number of amides is 1. The fourth-order valence-corrected chi connectivity index (χ4v) is 3.70. The molecule has 32 heavy (non-hydrogen) atoms. The second-order valence-electron chi connectivity index (χ2n) is 7.92. The molecule has 0 saturated carbocycles. The smallest absolute Gasteiger partial charge is 0.238 e. The van der Waals surface area contributed by atoms with Crippen molar-refractivity contribution < 1.29 is 14.3 Å². The van der Waals surface area contributed by atoms with Gasteiger partial charge in [0.15, 0.2) is 0 Å². The Bertz CT molecular complexity index is 1040. The van der Waals surface area contributed by atoms with E-state index in [2.05, 4.69) is 25.2 Å². The number of pyridine rings is 1. The van der Waals surface area contributed by atoms with E-state index in [1.807, 2.05) is 44.2 Å². The van der Waals surface area contributed by atoms with Gasteiger partial charge in [-0.05, 0) is 37.5 Å². The van der Waals surface area contributed by atoms with E-state index in [1.165, 1.54) is 0 Å². The molecular weight excluding hydrogens is 406 g/mol. The molecule has 0 spiro atoms. The van der Waals surface area contributed by atoms with Gasteiger partial charge in [0, 0.05) is 36.7 Å². The Hall–Kier alpha value is -3.52. The van der Waals surface area contributed by atoms with Gasteiger partial charge < -0.3 is 14.8 Å². The number of benzene rings is 1. The molecule has 1 N–H and O–H groups in total. The first kappa shape index (κ1) is 21.7. The van der Waals surface area contributed by atoms with E-state index in [0.717, 1.165) is 35.3 Å². The van der Waals surface area contributed by atoms with Gasteiger partial charge in [-0.2, -0.15) is 4.98 Å². The normalized spacial score (nSPS) is 16.0. The van der Waals surface area contributed by atoms with Crippen molar-refractivity contribution in [3.63, 3.8) is 0 Å². The van der Waals surface area contributed by atoms with Gasteiger partial charge >= 0.3 is 0 Å². The molecule has 1 aliphatic heterocycles. The number of aryl methyl sites for hydroxylation is 2. The molecule has 1 fully saturated rings. The first-order chi connectivity index (χ1) is 15.6. The van der Waals surface area contributed by atoms with Crippen LogP contribution >= 0.6 is 0 Å². The summed E-state index contributed by atoms with van der Waals surface area (Å²) in [5.74, 6) is 0.795. The van der Waals surface area contributed by atoms with Crippen molar-refractivity contribution in [3.05, 3.63) is 71.8 Å². The Labute approximate surface area is 187 Å². The molecule has 1 saturated heterocycles. The third-order valence-corrected chi connectivity index (χ3v) is 5.33. The average molecular weight is 434 g/mol. The van der Waals surface area contributed by atoms with Crippen molar-refractivity contribution in [2.45, 2.75) is 33.0 Å². The van der Waals surface area contributed by atoms with E-state index in [-0.39, 0.29) is 12.0 Å². The second kappa shape index (κ2) is 10.2. The Morgan fingerprint density at radius 1 is 1.09 bits per heavy atom. The maximum Gasteiger partial charge on any atom is 0.238 e. The van der Waals surface area contributed by atoms with Crippen LogP contribution in [-0.4, -0.2) is 51.5 Å². The summed E-state index contributed by atoms with van der Waals surface area (Å²) in [6.45, 7) is 6.13. The number of nitrogens with zero attached hydrogens (tertiary/aromatic N) is 4. The summed E-state index contributed by atoms with van der Waals surface area (Å²) in [5.41, 5.74) is 3.96. The minimum atomic E-state index is -0.0501. The first-order valence-electron chi connectivity index (χ1n) is 10.7. The minimum absolute atomic E-state index is 0.0198. The van der Waals surface area contributed by atoms with Crippen LogP contribution in [0.1, 0.15) is 23.1 Å². The number of carbonyl (C=O) groups excluding carboxylic acids is 1. The number of hydrogen-bond acceptors (Lipinski definition) is 7. The van der Waals surface area contributed by atoms with Crippen molar-refractivity contribution in [1.82, 2.24) is 19.9 Å². The highest BCUT2D eigenvalue weighted by atomic mass is 16.5. The largest absolute Gasteiger partial charge is 0.472 e. The van der Waals surface area contributed by atoms with E-state index >= 15 is 0 Å². The molecule has 0 aliphatic carbocycles. The summed E-state index contributed by atoms with van der Waals surface area (Å²) < 4.78 is 11.7. The van der Waals surface area contributed by atoms with Crippen LogP contribution in [0.2, 0.25) is 0 Å². The Balaban J connectivity index is 1.26. The lowest BCUT2D eigenvalue weighted by molar-refractivity contribution is -0.117. The summed E-state index contributed by atoms with van der Waals surface area (Å²) in [6, 6.07) is 9.78. The highest BCUT2D eigenvalue weighted by molar-refractivity contribution is 5.93. The van der Waals surface area contributed by atoms with E-state index in [4.69, 9.17) is 9.47 Å². The van der Waals surface area contributed by atoms with Gasteiger partial charge in [0.05, 0.1) is 18.9 Å². The molecule has 8 heteroatoms. The van der Waals surface area contributed by atoms with Crippen LogP contribution in [0.25, 0.3) is 0 Å². The quantitative estimate of drug-likeness (QED) is 0.584. The third-order valence-electron chi connectivity index (χ3n) is 5.33. The monoisotopic (exact) mass is 433 g/mol. The molecule has 1 atom stereocenters. The van der Waals surface area contributed by atoms with Crippen LogP contribution in [0.15, 0.2) is 55.1 Å². The van der Waals surface area contributed by atoms with Crippen LogP contribution < -0.4 is 14.8 Å². The molecule has 3 aromatic rings. The molecule has 0 radical (unpaired) electrons. The molecule has 1 unspecified atom stereocenters. The topological polar surface area (TPSA) is 89.5 Å². The summed E-state index contributed by atoms with van der Waals surface area (Å²) in [4.78, 5) is 27.2. The summed E-state index contributed by atoms with van der Waals surface area (Å²) >= 11 is 0. The summed E-state index contributed by atoms with van der Waals surface area (Å²) in [6.07, 6.45) is 7.37. The Morgan fingerprint density at radius 3 is 2.69 bits per heavy atom. The molecule has 1 aromatic carbocycles. The number of nitrogens with one attached hydrogen (secondary N) is 1. The zero-order valence-corrected chi connectivity index (χ0v) is 18.3. The predicted octanol–water partition coefficient (Wildman–Crippen LogP) is 3.16. The minimum Gasteiger partial charge on any atom is -0.472 e. The van der Waals surface area contributed by atoms with Crippen LogP contribution in [0.5, 0.6) is 11.8 Å². The fraction of sp³-hybridized carbons (Fsp3) is 0.333. The van der Waals surface area contributed by atoms with Crippen molar-refractivity contribution in [2.24, 2.45) is 0 Å². The second-order valence-corrected chi connectivity index (χ2v) is 7.92. The number of aromatic nitrogens is 3. The van der Waals surface area contributed by atoms with E-state index in [9.17, 15) is 4.79 Å². The van der Waals surface area contributed by atoms with Crippen molar-refractivity contribution >= 4 is 11.6 Å². The Kier molecular flexibility index (Phi) is 6.91. The molecule has 3 heterocycles. The number of likely N-dealkylation sites (tertiary alicyclic amines) is 1. The number of ether oxygens (including phenoxy) is 2. The zero-order valence-electron chi connectivity index (χ0n) is 18.3. The number of rotatable bonds is 8. The molecule has 0 bridgehead atoms. The number of hydrogen-bond donors (Lipinski definition) is 1. The summed E-state index contributed by atoms with van der Waals surface area (Å²) in [7, 11) is 0. The maximum atomic E-state index is 12.5. The van der Waals surface area contributed by atoms with Gasteiger partial charge in [-0.3, -0.25) is 19.7 Å². The lowest BCUT2D eigenvalue weighted by Gasteiger charge is -2.17. The molecule has 4 rings (SSSR count). The maximum absolute atomic E-state index is 12.5. The third kappa shape index (κ3) is 5.79. The van der Waals surface area contributed by atoms with Crippen molar-refractivity contribution in [3.8, 4) is 11.8 Å². The van der Waals surface area contributed by atoms with Crippen molar-refractivity contribution in [2.75, 3.05) is 25.0 Å². The van der Waals surface area contributed by atoms with Gasteiger partial charge in [-0.1, -0.05) is 24.3 Å². The molecule has 1 aliphatic rings. The van der Waals surface area contributed by atoms with Crippen LogP contribution in [0.4, 0.5) is 5.69 Å². The van der Waals surface area contributed by atoms with Gasteiger partial charge in [-0.15, -0.1) is 0 Å². The van der Waals surface area contributed by atoms with Gasteiger partial charge in [-0.25, -0.2) is 0 Å². The lowest BCUT2D eigenvalue weighted by atomic mass is 10.1. The van der Waals surface area contributed by atoms with Crippen molar-refractivity contribution in [1.29, 1.82) is 0 Å². The number of anilines is 1. The highest BCUT2D eigenvalue weighted by Gasteiger charge is 2.26. The molecule has 166 valence electrons. The highest BCUT2D eigenvalue weighted by Crippen LogP contribution is 2.21. The van der Waals surface area contributed by atoms with Gasteiger partial charge in [0.2, 0.25) is 17.7 Å². The number of para-hydroxylation sites is 1. The molecule has 2 aromatic heterocycles. The molecular formula is C24H27N5O3. The fourth-order valence-electron chi connectivity index (χ4n) is 3.70. The van der Waals surface area contributed by atoms with E-state index in [0.29, 0.717) is 31.5 Å². The molecule has 1 amide bonds.